The Morgan fingerprint density at radius 3 is 2.58 bits per heavy atom. The topological polar surface area (TPSA) is 72.9 Å². The summed E-state index contributed by atoms with van der Waals surface area (Å²) in [5.74, 6) is 0. The number of hydrogen-bond acceptors (Lipinski definition) is 5. The molecule has 6 nitrogen and oxygen atoms in total. The van der Waals surface area contributed by atoms with Crippen molar-refractivity contribution in [2.24, 2.45) is 0 Å². The van der Waals surface area contributed by atoms with E-state index < -0.39 is 0 Å². The third-order valence-electron chi connectivity index (χ3n) is 4.78. The SMILES string of the molecule is Nc1cncc(-c2cn(Cc3cccc(CN4CCCCC4)c3)nn2)c1. The van der Waals surface area contributed by atoms with Gasteiger partial charge in [-0.2, -0.15) is 0 Å². The lowest BCUT2D eigenvalue weighted by Crippen LogP contribution is -2.29. The Kier molecular flexibility index (Phi) is 4.93. The fraction of sp³-hybridized carbons (Fsp3) is 0.350. The summed E-state index contributed by atoms with van der Waals surface area (Å²) in [4.78, 5) is 6.66. The molecule has 0 bridgehead atoms. The molecule has 3 heterocycles. The fourth-order valence-corrected chi connectivity index (χ4v) is 3.49. The van der Waals surface area contributed by atoms with Crippen molar-refractivity contribution in [3.8, 4) is 11.3 Å². The molecule has 0 spiro atoms. The molecule has 1 saturated heterocycles. The van der Waals surface area contributed by atoms with Gasteiger partial charge in [0.1, 0.15) is 5.69 Å². The van der Waals surface area contributed by atoms with Crippen LogP contribution in [0.4, 0.5) is 5.69 Å². The van der Waals surface area contributed by atoms with Crippen molar-refractivity contribution in [2.75, 3.05) is 18.8 Å². The molecule has 6 heteroatoms. The monoisotopic (exact) mass is 348 g/mol. The Bertz CT molecular complexity index is 866. The number of likely N-dealkylation sites (tertiary alicyclic amines) is 1. The highest BCUT2D eigenvalue weighted by molar-refractivity contribution is 5.61. The number of piperidine rings is 1. The first-order valence-corrected chi connectivity index (χ1v) is 9.17. The molecular formula is C20H24N6. The van der Waals surface area contributed by atoms with Crippen LogP contribution in [0.3, 0.4) is 0 Å². The first kappa shape index (κ1) is 16.7. The Labute approximate surface area is 153 Å². The van der Waals surface area contributed by atoms with E-state index in [1.807, 2.05) is 16.9 Å². The quantitative estimate of drug-likeness (QED) is 0.767. The summed E-state index contributed by atoms with van der Waals surface area (Å²) in [6.45, 7) is 4.16. The van der Waals surface area contributed by atoms with E-state index in [1.165, 1.54) is 43.5 Å². The Morgan fingerprint density at radius 1 is 0.962 bits per heavy atom. The molecule has 134 valence electrons. The minimum atomic E-state index is 0.627. The standard InChI is InChI=1S/C20H24N6/c21-19-10-18(11-22-12-19)20-15-26(24-23-20)14-17-6-4-5-16(9-17)13-25-7-2-1-3-8-25/h4-6,9-12,15H,1-3,7-8,13-14,21H2. The van der Waals surface area contributed by atoms with Crippen LogP contribution in [0.25, 0.3) is 11.3 Å². The highest BCUT2D eigenvalue weighted by Gasteiger charge is 2.11. The van der Waals surface area contributed by atoms with Crippen molar-refractivity contribution < 1.29 is 0 Å². The first-order valence-electron chi connectivity index (χ1n) is 9.17. The zero-order valence-corrected chi connectivity index (χ0v) is 14.9. The van der Waals surface area contributed by atoms with Crippen LogP contribution in [0.5, 0.6) is 0 Å². The minimum Gasteiger partial charge on any atom is -0.397 e. The van der Waals surface area contributed by atoms with E-state index in [0.29, 0.717) is 12.2 Å². The van der Waals surface area contributed by atoms with Crippen molar-refractivity contribution in [1.29, 1.82) is 0 Å². The van der Waals surface area contributed by atoms with Crippen molar-refractivity contribution in [1.82, 2.24) is 24.9 Å². The van der Waals surface area contributed by atoms with Gasteiger partial charge in [-0.3, -0.25) is 9.88 Å². The third kappa shape index (κ3) is 4.08. The van der Waals surface area contributed by atoms with Crippen molar-refractivity contribution in [3.05, 3.63) is 60.0 Å². The van der Waals surface area contributed by atoms with Gasteiger partial charge in [0.15, 0.2) is 0 Å². The first-order chi connectivity index (χ1) is 12.8. The summed E-state index contributed by atoms with van der Waals surface area (Å²) < 4.78 is 1.86. The van der Waals surface area contributed by atoms with Gasteiger partial charge in [0.05, 0.1) is 18.4 Å². The zero-order chi connectivity index (χ0) is 17.8. The van der Waals surface area contributed by atoms with Crippen LogP contribution in [0.15, 0.2) is 48.9 Å². The lowest BCUT2D eigenvalue weighted by molar-refractivity contribution is 0.221. The number of benzene rings is 1. The summed E-state index contributed by atoms with van der Waals surface area (Å²) >= 11 is 0. The summed E-state index contributed by atoms with van der Waals surface area (Å²) in [7, 11) is 0. The lowest BCUT2D eigenvalue weighted by Gasteiger charge is -2.26. The van der Waals surface area contributed by atoms with E-state index in [2.05, 4.69) is 44.5 Å². The number of pyridine rings is 1. The van der Waals surface area contributed by atoms with Crippen molar-refractivity contribution in [2.45, 2.75) is 32.4 Å². The van der Waals surface area contributed by atoms with E-state index in [-0.39, 0.29) is 0 Å². The molecule has 0 radical (unpaired) electrons. The van der Waals surface area contributed by atoms with Gasteiger partial charge in [-0.05, 0) is 43.1 Å². The number of nitrogens with zero attached hydrogens (tertiary/aromatic N) is 5. The second kappa shape index (κ2) is 7.66. The number of aromatic nitrogens is 4. The van der Waals surface area contributed by atoms with Gasteiger partial charge in [0.2, 0.25) is 0 Å². The number of anilines is 1. The maximum atomic E-state index is 5.80. The van der Waals surface area contributed by atoms with Crippen LogP contribution in [-0.4, -0.2) is 38.0 Å². The second-order valence-electron chi connectivity index (χ2n) is 6.97. The van der Waals surface area contributed by atoms with Gasteiger partial charge >= 0.3 is 0 Å². The normalized spacial score (nSPS) is 15.2. The zero-order valence-electron chi connectivity index (χ0n) is 14.9. The van der Waals surface area contributed by atoms with Crippen molar-refractivity contribution in [3.63, 3.8) is 0 Å². The number of hydrogen-bond donors (Lipinski definition) is 1. The van der Waals surface area contributed by atoms with E-state index in [0.717, 1.165) is 17.8 Å². The predicted octanol–water partition coefficient (Wildman–Crippen LogP) is 2.96. The molecule has 0 saturated carbocycles. The minimum absolute atomic E-state index is 0.627. The molecule has 2 aromatic heterocycles. The molecule has 0 amide bonds. The van der Waals surface area contributed by atoms with Gasteiger partial charge in [0, 0.05) is 24.5 Å². The van der Waals surface area contributed by atoms with Crippen LogP contribution in [0.2, 0.25) is 0 Å². The van der Waals surface area contributed by atoms with Crippen LogP contribution in [0, 0.1) is 0 Å². The smallest absolute Gasteiger partial charge is 0.114 e. The molecule has 1 aromatic carbocycles. The second-order valence-corrected chi connectivity index (χ2v) is 6.97. The van der Waals surface area contributed by atoms with Gasteiger partial charge < -0.3 is 5.73 Å². The molecule has 26 heavy (non-hydrogen) atoms. The molecule has 1 fully saturated rings. The summed E-state index contributed by atoms with van der Waals surface area (Å²) in [5.41, 5.74) is 10.7. The third-order valence-corrected chi connectivity index (χ3v) is 4.78. The highest BCUT2D eigenvalue weighted by atomic mass is 15.4. The predicted molar refractivity (Wildman–Crippen MR) is 102 cm³/mol. The van der Waals surface area contributed by atoms with Gasteiger partial charge in [0.25, 0.3) is 0 Å². The average Bonchev–Trinajstić information content (AvgIpc) is 3.11. The molecule has 3 aromatic rings. The van der Waals surface area contributed by atoms with Crippen LogP contribution in [-0.2, 0) is 13.1 Å². The lowest BCUT2D eigenvalue weighted by atomic mass is 10.1. The summed E-state index contributed by atoms with van der Waals surface area (Å²) in [6, 6.07) is 10.6. The largest absolute Gasteiger partial charge is 0.397 e. The Morgan fingerprint density at radius 2 is 1.77 bits per heavy atom. The number of nitrogen functional groups attached to an aromatic ring is 1. The Hall–Kier alpha value is -2.73. The van der Waals surface area contributed by atoms with E-state index in [9.17, 15) is 0 Å². The molecule has 2 N–H and O–H groups in total. The van der Waals surface area contributed by atoms with Gasteiger partial charge in [-0.1, -0.05) is 35.9 Å². The molecular weight excluding hydrogens is 324 g/mol. The highest BCUT2D eigenvalue weighted by Crippen LogP contribution is 2.18. The maximum absolute atomic E-state index is 5.80. The van der Waals surface area contributed by atoms with Gasteiger partial charge in [-0.15, -0.1) is 5.10 Å². The van der Waals surface area contributed by atoms with E-state index in [1.54, 1.807) is 12.4 Å². The number of rotatable bonds is 5. The summed E-state index contributed by atoms with van der Waals surface area (Å²) in [5, 5.41) is 8.50. The van der Waals surface area contributed by atoms with E-state index in [4.69, 9.17) is 5.73 Å². The molecule has 0 unspecified atom stereocenters. The van der Waals surface area contributed by atoms with Crippen LogP contribution in [0.1, 0.15) is 30.4 Å². The van der Waals surface area contributed by atoms with Crippen LogP contribution >= 0.6 is 0 Å². The number of nitrogens with two attached hydrogens (primary N) is 1. The van der Waals surface area contributed by atoms with Gasteiger partial charge in [-0.25, -0.2) is 4.68 Å². The maximum Gasteiger partial charge on any atom is 0.114 e. The molecule has 0 aliphatic carbocycles. The average molecular weight is 348 g/mol. The summed E-state index contributed by atoms with van der Waals surface area (Å²) in [6.07, 6.45) is 9.33. The van der Waals surface area contributed by atoms with Crippen molar-refractivity contribution >= 4 is 5.69 Å². The molecule has 1 aliphatic rings. The molecule has 4 rings (SSSR count). The Balaban J connectivity index is 1.45. The van der Waals surface area contributed by atoms with E-state index >= 15 is 0 Å². The molecule has 0 atom stereocenters. The fourth-order valence-electron chi connectivity index (χ4n) is 3.49. The molecule has 1 aliphatic heterocycles. The van der Waals surface area contributed by atoms with Crippen LogP contribution < -0.4 is 5.73 Å².